The van der Waals surface area contributed by atoms with E-state index < -0.39 is 23.8 Å². The Bertz CT molecular complexity index is 483. The van der Waals surface area contributed by atoms with Gasteiger partial charge in [0.25, 0.3) is 0 Å². The zero-order valence-corrected chi connectivity index (χ0v) is 12.9. The zero-order valence-electron chi connectivity index (χ0n) is 12.9. The molecular weight excluding hydrogens is 290 g/mol. The Morgan fingerprint density at radius 3 is 2.36 bits per heavy atom. The van der Waals surface area contributed by atoms with Crippen LogP contribution in [0.3, 0.4) is 0 Å². The molecule has 0 radical (unpaired) electrons. The molecule has 0 fully saturated rings. The maximum absolute atomic E-state index is 11.5. The molecule has 0 saturated heterocycles. The summed E-state index contributed by atoms with van der Waals surface area (Å²) in [5.41, 5.74) is 5.68. The highest BCUT2D eigenvalue weighted by atomic mass is 17.2. The highest BCUT2D eigenvalue weighted by Crippen LogP contribution is 2.08. The average Bonchev–Trinajstić information content (AvgIpc) is 2.42. The summed E-state index contributed by atoms with van der Waals surface area (Å²) in [4.78, 5) is 32.6. The molecule has 1 atom stereocenters. The van der Waals surface area contributed by atoms with Crippen LogP contribution in [-0.4, -0.2) is 30.4 Å². The Morgan fingerprint density at radius 1 is 1.14 bits per heavy atom. The normalized spacial score (nSPS) is 12.5. The topological polar surface area (TPSA) is 97.1 Å². The van der Waals surface area contributed by atoms with Crippen LogP contribution in [0.5, 0.6) is 0 Å². The number of hydrogen-bond acceptors (Lipinski definition) is 7. The molecule has 1 rings (SSSR count). The predicted molar refractivity (Wildman–Crippen MR) is 77.5 cm³/mol. The van der Waals surface area contributed by atoms with Crippen LogP contribution in [0.1, 0.15) is 26.3 Å². The van der Waals surface area contributed by atoms with Gasteiger partial charge in [0.05, 0.1) is 0 Å². The first-order chi connectivity index (χ1) is 10.3. The van der Waals surface area contributed by atoms with Crippen LogP contribution in [0.15, 0.2) is 30.3 Å². The fourth-order valence-electron chi connectivity index (χ4n) is 1.30. The molecule has 0 aliphatic carbocycles. The van der Waals surface area contributed by atoms with E-state index in [1.807, 2.05) is 30.3 Å². The van der Waals surface area contributed by atoms with Gasteiger partial charge in [0, 0.05) is 0 Å². The van der Waals surface area contributed by atoms with E-state index in [0.29, 0.717) is 0 Å². The van der Waals surface area contributed by atoms with E-state index in [4.69, 9.17) is 20.2 Å². The molecule has 0 aliphatic heterocycles. The molecule has 0 aromatic heterocycles. The predicted octanol–water partition coefficient (Wildman–Crippen LogP) is 1.94. The Kier molecular flexibility index (Phi) is 6.97. The molecule has 7 nitrogen and oxygen atoms in total. The summed E-state index contributed by atoms with van der Waals surface area (Å²) >= 11 is 0. The van der Waals surface area contributed by atoms with Crippen LogP contribution in [-0.2, 0) is 30.7 Å². The number of ether oxygens (including phenoxy) is 2. The first kappa shape index (κ1) is 18.1. The average molecular weight is 311 g/mol. The number of carbonyl (C=O) groups excluding carboxylic acids is 2. The summed E-state index contributed by atoms with van der Waals surface area (Å²) in [6.45, 7) is 4.93. The van der Waals surface area contributed by atoms with Gasteiger partial charge in [0.1, 0.15) is 24.9 Å². The lowest BCUT2D eigenvalue weighted by Crippen LogP contribution is -2.39. The lowest BCUT2D eigenvalue weighted by atomic mass is 10.2. The van der Waals surface area contributed by atoms with Gasteiger partial charge in [0.2, 0.25) is 0 Å². The van der Waals surface area contributed by atoms with Gasteiger partial charge in [-0.2, -0.15) is 0 Å². The molecule has 2 N–H and O–H groups in total. The van der Waals surface area contributed by atoms with Crippen LogP contribution in [0.25, 0.3) is 0 Å². The van der Waals surface area contributed by atoms with E-state index in [-0.39, 0.29) is 13.2 Å². The summed E-state index contributed by atoms with van der Waals surface area (Å²) in [7, 11) is 0. The minimum absolute atomic E-state index is 0.217. The van der Waals surface area contributed by atoms with Crippen molar-refractivity contribution in [3.8, 4) is 0 Å². The van der Waals surface area contributed by atoms with E-state index in [1.54, 1.807) is 20.8 Å². The molecule has 0 bridgehead atoms. The van der Waals surface area contributed by atoms with Crippen molar-refractivity contribution in [2.75, 3.05) is 6.61 Å². The van der Waals surface area contributed by atoms with Crippen molar-refractivity contribution in [1.29, 1.82) is 0 Å². The quantitative estimate of drug-likeness (QED) is 0.282. The highest BCUT2D eigenvalue weighted by molar-refractivity contribution is 5.85. The van der Waals surface area contributed by atoms with E-state index in [2.05, 4.69) is 4.74 Å². The zero-order chi connectivity index (χ0) is 16.6. The van der Waals surface area contributed by atoms with Crippen molar-refractivity contribution in [3.63, 3.8) is 0 Å². The van der Waals surface area contributed by atoms with Crippen LogP contribution in [0.2, 0.25) is 0 Å². The number of nitrogens with two attached hydrogens (primary N) is 1. The molecule has 0 amide bonds. The third kappa shape index (κ3) is 7.72. The first-order valence-corrected chi connectivity index (χ1v) is 6.76. The van der Waals surface area contributed by atoms with Crippen molar-refractivity contribution in [2.24, 2.45) is 5.73 Å². The highest BCUT2D eigenvalue weighted by Gasteiger charge is 2.24. The van der Waals surface area contributed by atoms with Crippen molar-refractivity contribution in [2.45, 2.75) is 39.0 Å². The van der Waals surface area contributed by atoms with Gasteiger partial charge in [0.15, 0.2) is 0 Å². The van der Waals surface area contributed by atoms with E-state index in [9.17, 15) is 9.59 Å². The maximum atomic E-state index is 11.5. The fraction of sp³-hybridized carbons (Fsp3) is 0.467. The second kappa shape index (κ2) is 8.47. The lowest BCUT2D eigenvalue weighted by molar-refractivity contribution is -0.305. The number of benzene rings is 1. The van der Waals surface area contributed by atoms with E-state index in [1.165, 1.54) is 0 Å². The minimum atomic E-state index is -1.15. The van der Waals surface area contributed by atoms with Crippen LogP contribution >= 0.6 is 0 Å². The Labute approximate surface area is 129 Å². The molecule has 0 aliphatic rings. The van der Waals surface area contributed by atoms with Crippen molar-refractivity contribution < 1.29 is 28.8 Å². The van der Waals surface area contributed by atoms with Crippen molar-refractivity contribution >= 4 is 12.1 Å². The minimum Gasteiger partial charge on any atom is -0.428 e. The summed E-state index contributed by atoms with van der Waals surface area (Å²) < 4.78 is 9.28. The van der Waals surface area contributed by atoms with Gasteiger partial charge in [-0.1, -0.05) is 30.3 Å². The van der Waals surface area contributed by atoms with E-state index in [0.717, 1.165) is 5.56 Å². The monoisotopic (exact) mass is 311 g/mol. The molecule has 7 heteroatoms. The molecular formula is C15H21NO6. The molecule has 1 aromatic carbocycles. The van der Waals surface area contributed by atoms with Gasteiger partial charge in [-0.3, -0.25) is 0 Å². The molecule has 22 heavy (non-hydrogen) atoms. The number of esters is 1. The van der Waals surface area contributed by atoms with Gasteiger partial charge < -0.3 is 15.2 Å². The molecule has 1 aromatic rings. The lowest BCUT2D eigenvalue weighted by Gasteiger charge is -2.18. The summed E-state index contributed by atoms with van der Waals surface area (Å²) in [6, 6.07) is 8.18. The Hall–Kier alpha value is -1.96. The summed E-state index contributed by atoms with van der Waals surface area (Å²) in [5.74, 6) is -0.947. The smallest absolute Gasteiger partial charge is 0.428 e. The molecule has 0 spiro atoms. The molecule has 0 saturated carbocycles. The third-order valence-electron chi connectivity index (χ3n) is 2.28. The van der Waals surface area contributed by atoms with Crippen LogP contribution < -0.4 is 5.73 Å². The van der Waals surface area contributed by atoms with Crippen LogP contribution in [0.4, 0.5) is 4.79 Å². The maximum Gasteiger partial charge on any atom is 0.516 e. The van der Waals surface area contributed by atoms with Gasteiger partial charge >= 0.3 is 12.1 Å². The Morgan fingerprint density at radius 2 is 1.77 bits per heavy atom. The molecule has 0 heterocycles. The molecule has 122 valence electrons. The standard InChI is InChI=1S/C15H21NO6/c1-15(2,3)22-14(18)21-13(17)12(16)10-20-19-9-11-7-5-4-6-8-11/h4-8,12H,9-10,16H2,1-3H3/t12-/m0/s1. The Balaban J connectivity index is 2.22. The van der Waals surface area contributed by atoms with Gasteiger partial charge in [-0.05, 0) is 26.3 Å². The number of carbonyl (C=O) groups is 2. The second-order valence-corrected chi connectivity index (χ2v) is 5.52. The SMILES string of the molecule is CC(C)(C)OC(=O)OC(=O)[C@@H](N)COOCc1ccccc1. The number of rotatable bonds is 6. The van der Waals surface area contributed by atoms with Crippen molar-refractivity contribution in [3.05, 3.63) is 35.9 Å². The van der Waals surface area contributed by atoms with Crippen molar-refractivity contribution in [1.82, 2.24) is 0 Å². The van der Waals surface area contributed by atoms with Gasteiger partial charge in [-0.25, -0.2) is 19.4 Å². The molecule has 0 unspecified atom stereocenters. The second-order valence-electron chi connectivity index (χ2n) is 5.52. The number of hydrogen-bond donors (Lipinski definition) is 1. The largest absolute Gasteiger partial charge is 0.516 e. The first-order valence-electron chi connectivity index (χ1n) is 6.76. The van der Waals surface area contributed by atoms with Gasteiger partial charge in [-0.15, -0.1) is 0 Å². The third-order valence-corrected chi connectivity index (χ3v) is 2.28. The summed E-state index contributed by atoms with van der Waals surface area (Å²) in [6.07, 6.45) is -1.10. The van der Waals surface area contributed by atoms with Crippen LogP contribution in [0, 0.1) is 0 Å². The van der Waals surface area contributed by atoms with E-state index >= 15 is 0 Å². The summed E-state index contributed by atoms with van der Waals surface area (Å²) in [5, 5.41) is 0. The fourth-order valence-corrected chi connectivity index (χ4v) is 1.30.